The van der Waals surface area contributed by atoms with Gasteiger partial charge in [0.2, 0.25) is 0 Å². The summed E-state index contributed by atoms with van der Waals surface area (Å²) >= 11 is 0. The molecule has 0 fully saturated rings. The molecule has 5 nitrogen and oxygen atoms in total. The third-order valence-corrected chi connectivity index (χ3v) is 6.03. The van der Waals surface area contributed by atoms with Crippen LogP contribution in [0.3, 0.4) is 0 Å². The highest BCUT2D eigenvalue weighted by Crippen LogP contribution is 2.30. The minimum Gasteiger partial charge on any atom is -1.00 e. The maximum Gasteiger partial charge on any atom is 0.257 e. The zero-order valence-electron chi connectivity index (χ0n) is 16.1. The standard InChI is InChI=1S/C19H31N4O.ClH/c1-13(2)23(5,14(3)4)11-12-24-19-18(20)17-10-9-15-7-6-8-16(15)22(17)21-19;/h9-10,13-14H,6-8,11-12,20H2,1-5H3;1H/q+1;/p-1. The lowest BCUT2D eigenvalue weighted by Crippen LogP contribution is -3.00. The number of pyridine rings is 1. The number of rotatable bonds is 6. The zero-order valence-corrected chi connectivity index (χ0v) is 16.8. The van der Waals surface area contributed by atoms with Crippen molar-refractivity contribution in [1.82, 2.24) is 9.61 Å². The number of quaternary nitrogens is 1. The van der Waals surface area contributed by atoms with Crippen LogP contribution in [0.15, 0.2) is 12.1 Å². The summed E-state index contributed by atoms with van der Waals surface area (Å²) in [6, 6.07) is 5.36. The molecule has 0 aromatic carbocycles. The van der Waals surface area contributed by atoms with Crippen LogP contribution in [0, 0.1) is 0 Å². The van der Waals surface area contributed by atoms with E-state index in [1.165, 1.54) is 17.7 Å². The fourth-order valence-corrected chi connectivity index (χ4v) is 3.70. The third-order valence-electron chi connectivity index (χ3n) is 6.03. The second kappa shape index (κ2) is 7.42. The maximum atomic E-state index is 6.29. The molecule has 0 atom stereocenters. The molecule has 0 bridgehead atoms. The van der Waals surface area contributed by atoms with E-state index in [0.29, 0.717) is 30.3 Å². The number of hydrogen-bond donors (Lipinski definition) is 1. The van der Waals surface area contributed by atoms with Gasteiger partial charge in [0.25, 0.3) is 5.88 Å². The molecule has 2 heterocycles. The number of halogens is 1. The minimum atomic E-state index is 0. The van der Waals surface area contributed by atoms with Crippen LogP contribution in [0.1, 0.15) is 45.4 Å². The van der Waals surface area contributed by atoms with Gasteiger partial charge in [-0.1, -0.05) is 6.07 Å². The van der Waals surface area contributed by atoms with Crippen molar-refractivity contribution in [2.75, 3.05) is 25.9 Å². The third kappa shape index (κ3) is 3.44. The van der Waals surface area contributed by atoms with Crippen molar-refractivity contribution in [3.63, 3.8) is 0 Å². The first-order chi connectivity index (χ1) is 11.3. The average molecular weight is 367 g/mol. The van der Waals surface area contributed by atoms with Crippen LogP contribution in [0.4, 0.5) is 5.69 Å². The molecule has 0 unspecified atom stereocenters. The van der Waals surface area contributed by atoms with Crippen molar-refractivity contribution in [3.05, 3.63) is 23.4 Å². The molecular formula is C19H31ClN4O. The number of likely N-dealkylation sites (N-methyl/N-ethyl adjacent to an activating group) is 1. The van der Waals surface area contributed by atoms with Gasteiger partial charge in [0.05, 0.1) is 24.6 Å². The largest absolute Gasteiger partial charge is 1.00 e. The Morgan fingerprint density at radius 3 is 2.52 bits per heavy atom. The van der Waals surface area contributed by atoms with Crippen molar-refractivity contribution in [2.24, 2.45) is 0 Å². The summed E-state index contributed by atoms with van der Waals surface area (Å²) in [4.78, 5) is 0. The van der Waals surface area contributed by atoms with E-state index in [4.69, 9.17) is 10.5 Å². The van der Waals surface area contributed by atoms with Crippen molar-refractivity contribution in [3.8, 4) is 5.88 Å². The summed E-state index contributed by atoms with van der Waals surface area (Å²) in [5.74, 6) is 0.578. The van der Waals surface area contributed by atoms with Crippen LogP contribution in [0.25, 0.3) is 5.52 Å². The molecule has 0 saturated carbocycles. The summed E-state index contributed by atoms with van der Waals surface area (Å²) in [6.07, 6.45) is 3.41. The Hall–Kier alpha value is -1.46. The second-order valence-corrected chi connectivity index (χ2v) is 7.78. The number of hydrogen-bond acceptors (Lipinski definition) is 3. The molecule has 1 aliphatic rings. The quantitative estimate of drug-likeness (QED) is 0.735. The van der Waals surface area contributed by atoms with Gasteiger partial charge in [0, 0.05) is 5.69 Å². The Labute approximate surface area is 157 Å². The van der Waals surface area contributed by atoms with Crippen LogP contribution >= 0.6 is 0 Å². The van der Waals surface area contributed by atoms with E-state index < -0.39 is 0 Å². The minimum absolute atomic E-state index is 0. The molecule has 0 amide bonds. The van der Waals surface area contributed by atoms with Crippen molar-refractivity contribution >= 4 is 11.2 Å². The molecule has 6 heteroatoms. The number of nitrogens with zero attached hydrogens (tertiary/aromatic N) is 3. The fourth-order valence-electron chi connectivity index (χ4n) is 3.70. The first-order valence-corrected chi connectivity index (χ1v) is 9.11. The summed E-state index contributed by atoms with van der Waals surface area (Å²) < 4.78 is 8.97. The molecule has 0 radical (unpaired) electrons. The first-order valence-electron chi connectivity index (χ1n) is 9.11. The van der Waals surface area contributed by atoms with Gasteiger partial charge in [-0.3, -0.25) is 0 Å². The highest BCUT2D eigenvalue weighted by atomic mass is 35.5. The van der Waals surface area contributed by atoms with Gasteiger partial charge < -0.3 is 27.4 Å². The lowest BCUT2D eigenvalue weighted by atomic mass is 10.1. The van der Waals surface area contributed by atoms with Gasteiger partial charge in [-0.2, -0.15) is 0 Å². The van der Waals surface area contributed by atoms with Crippen molar-refractivity contribution in [1.29, 1.82) is 0 Å². The SMILES string of the molecule is CC(C)[N+](C)(CCOc1nn2c3c(ccc2c1N)CCC3)C(C)C.[Cl-]. The van der Waals surface area contributed by atoms with E-state index in [2.05, 4.69) is 52.0 Å². The number of nitrogen functional groups attached to an aromatic ring is 1. The van der Waals surface area contributed by atoms with E-state index in [1.54, 1.807) is 0 Å². The van der Waals surface area contributed by atoms with Crippen LogP contribution in [0.2, 0.25) is 0 Å². The van der Waals surface area contributed by atoms with Crippen molar-refractivity contribution in [2.45, 2.75) is 59.0 Å². The topological polar surface area (TPSA) is 52.5 Å². The van der Waals surface area contributed by atoms with E-state index in [0.717, 1.165) is 29.4 Å². The molecule has 2 aromatic heterocycles. The van der Waals surface area contributed by atoms with Gasteiger partial charge in [0.1, 0.15) is 18.8 Å². The van der Waals surface area contributed by atoms with Gasteiger partial charge >= 0.3 is 0 Å². The molecule has 0 aliphatic heterocycles. The Morgan fingerprint density at radius 2 is 1.88 bits per heavy atom. The highest BCUT2D eigenvalue weighted by molar-refractivity contribution is 5.75. The summed E-state index contributed by atoms with van der Waals surface area (Å²) in [5, 5.41) is 4.66. The Kier molecular flexibility index (Phi) is 5.89. The predicted octanol–water partition coefficient (Wildman–Crippen LogP) is 0.0514. The second-order valence-electron chi connectivity index (χ2n) is 7.78. The molecule has 2 aromatic rings. The Morgan fingerprint density at radius 1 is 1.20 bits per heavy atom. The normalized spacial score (nSPS) is 14.2. The van der Waals surface area contributed by atoms with E-state index in [-0.39, 0.29) is 12.4 Å². The van der Waals surface area contributed by atoms with Crippen LogP contribution in [-0.4, -0.2) is 46.4 Å². The Bertz CT molecular complexity index is 731. The lowest BCUT2D eigenvalue weighted by molar-refractivity contribution is -0.949. The summed E-state index contributed by atoms with van der Waals surface area (Å²) in [5.41, 5.74) is 10.6. The summed E-state index contributed by atoms with van der Waals surface area (Å²) in [6.45, 7) is 10.6. The van der Waals surface area contributed by atoms with Crippen LogP contribution in [0.5, 0.6) is 5.88 Å². The molecule has 0 saturated heterocycles. The lowest BCUT2D eigenvalue weighted by Gasteiger charge is -2.42. The molecule has 2 N–H and O–H groups in total. The number of aryl methyl sites for hydroxylation is 2. The number of aromatic nitrogens is 2. The predicted molar refractivity (Wildman–Crippen MR) is 98.4 cm³/mol. The van der Waals surface area contributed by atoms with Gasteiger partial charge in [0.15, 0.2) is 0 Å². The molecule has 140 valence electrons. The molecule has 0 spiro atoms. The molecule has 1 aliphatic carbocycles. The number of ether oxygens (including phenoxy) is 1. The van der Waals surface area contributed by atoms with Gasteiger partial charge in [-0.15, -0.1) is 5.10 Å². The molecule has 25 heavy (non-hydrogen) atoms. The average Bonchev–Trinajstić information content (AvgIpc) is 3.12. The number of anilines is 1. The summed E-state index contributed by atoms with van der Waals surface area (Å²) in [7, 11) is 2.29. The monoisotopic (exact) mass is 366 g/mol. The smallest absolute Gasteiger partial charge is 0.257 e. The number of fused-ring (bicyclic) bond motifs is 3. The first kappa shape index (κ1) is 19.9. The molecule has 3 rings (SSSR count). The molecular weight excluding hydrogens is 336 g/mol. The van der Waals surface area contributed by atoms with E-state index in [9.17, 15) is 0 Å². The van der Waals surface area contributed by atoms with Crippen LogP contribution in [-0.2, 0) is 12.8 Å². The zero-order chi connectivity index (χ0) is 17.5. The van der Waals surface area contributed by atoms with Crippen LogP contribution < -0.4 is 22.9 Å². The van der Waals surface area contributed by atoms with Gasteiger partial charge in [-0.25, -0.2) is 4.52 Å². The maximum absolute atomic E-state index is 6.29. The fraction of sp³-hybridized carbons (Fsp3) is 0.632. The Balaban J connectivity index is 0.00000225. The van der Waals surface area contributed by atoms with E-state index >= 15 is 0 Å². The highest BCUT2D eigenvalue weighted by Gasteiger charge is 2.29. The van der Waals surface area contributed by atoms with Crippen molar-refractivity contribution < 1.29 is 21.6 Å². The van der Waals surface area contributed by atoms with Gasteiger partial charge in [-0.05, 0) is 58.6 Å². The van der Waals surface area contributed by atoms with E-state index in [1.807, 2.05) is 4.52 Å². The number of nitrogens with two attached hydrogens (primary N) is 1.